The minimum Gasteiger partial charge on any atom is -0.356 e. The van der Waals surface area contributed by atoms with Gasteiger partial charge in [0.1, 0.15) is 22.6 Å². The van der Waals surface area contributed by atoms with Gasteiger partial charge in [-0.2, -0.15) is 0 Å². The lowest BCUT2D eigenvalue weighted by molar-refractivity contribution is 1.13. The van der Waals surface area contributed by atoms with Gasteiger partial charge in [-0.05, 0) is 0 Å². The molecule has 1 aliphatic rings. The fourth-order valence-electron chi connectivity index (χ4n) is 2.00. The first-order valence-corrected chi connectivity index (χ1v) is 10.4. The molecule has 2 aromatic rings. The largest absolute Gasteiger partial charge is 0.356 e. The van der Waals surface area contributed by atoms with Crippen LogP contribution in [0.15, 0.2) is 17.6 Å². The molecule has 0 saturated carbocycles. The molecule has 0 aliphatic carbocycles. The van der Waals surface area contributed by atoms with E-state index >= 15 is 0 Å². The van der Waals surface area contributed by atoms with Crippen LogP contribution in [0, 0.1) is 0 Å². The maximum absolute atomic E-state index is 4.52. The van der Waals surface area contributed by atoms with E-state index < -0.39 is 8.24 Å². The zero-order valence-electron chi connectivity index (χ0n) is 10.7. The van der Waals surface area contributed by atoms with E-state index in [-0.39, 0.29) is 0 Å². The molecule has 0 radical (unpaired) electrons. The maximum atomic E-state index is 4.52. The lowest BCUT2D eigenvalue weighted by Gasteiger charge is -2.19. The number of hydrogen-bond donors (Lipinski definition) is 0. The molecular weight excluding hydrogens is 262 g/mol. The van der Waals surface area contributed by atoms with Crippen LogP contribution in [0.2, 0.25) is 19.6 Å². The van der Waals surface area contributed by atoms with Crippen LogP contribution < -0.4 is 0 Å². The predicted molar refractivity (Wildman–Crippen MR) is 77.9 cm³/mol. The normalized spacial score (nSPS) is 16.3. The van der Waals surface area contributed by atoms with E-state index in [0.717, 1.165) is 34.2 Å². The highest BCUT2D eigenvalue weighted by molar-refractivity contribution is 8.14. The lowest BCUT2D eigenvalue weighted by atomic mass is 10.4. The molecule has 3 rings (SSSR count). The third-order valence-corrected chi connectivity index (χ3v) is 5.62. The zero-order chi connectivity index (χ0) is 12.8. The summed E-state index contributed by atoms with van der Waals surface area (Å²) in [5.41, 5.74) is 2.77. The van der Waals surface area contributed by atoms with E-state index in [9.17, 15) is 0 Å². The molecule has 0 atom stereocenters. The highest BCUT2D eigenvalue weighted by Gasteiger charge is 2.24. The summed E-state index contributed by atoms with van der Waals surface area (Å²) >= 11 is 1.77. The van der Waals surface area contributed by atoms with Crippen molar-refractivity contribution in [2.45, 2.75) is 19.6 Å². The monoisotopic (exact) mass is 277 g/mol. The van der Waals surface area contributed by atoms with Crippen molar-refractivity contribution in [2.75, 3.05) is 12.3 Å². The van der Waals surface area contributed by atoms with Crippen molar-refractivity contribution in [3.63, 3.8) is 0 Å². The molecule has 1 aliphatic heterocycles. The molecule has 18 heavy (non-hydrogen) atoms. The van der Waals surface area contributed by atoms with Gasteiger partial charge in [-0.3, -0.25) is 4.99 Å². The average Bonchev–Trinajstić information content (AvgIpc) is 2.96. The molecule has 0 amide bonds. The Hall–Kier alpha value is -1.21. The SMILES string of the molecule is C[Si](C)(C)n1cnc2ncnc(C3=NCCS3)c21. The summed E-state index contributed by atoms with van der Waals surface area (Å²) in [6.07, 6.45) is 3.48. The van der Waals surface area contributed by atoms with Crippen molar-refractivity contribution in [3.05, 3.63) is 18.3 Å². The fourth-order valence-corrected chi connectivity index (χ4v) is 4.12. The lowest BCUT2D eigenvalue weighted by Crippen LogP contribution is -2.31. The minimum absolute atomic E-state index is 0.776. The molecule has 0 N–H and O–H groups in total. The molecule has 5 nitrogen and oxygen atoms in total. The van der Waals surface area contributed by atoms with Crippen LogP contribution in [0.3, 0.4) is 0 Å². The van der Waals surface area contributed by atoms with E-state index in [1.807, 2.05) is 6.33 Å². The van der Waals surface area contributed by atoms with Crippen LogP contribution in [-0.4, -0.2) is 44.8 Å². The van der Waals surface area contributed by atoms with Crippen molar-refractivity contribution in [2.24, 2.45) is 4.99 Å². The van der Waals surface area contributed by atoms with Gasteiger partial charge >= 0.3 is 0 Å². The van der Waals surface area contributed by atoms with Crippen molar-refractivity contribution in [1.29, 1.82) is 0 Å². The second-order valence-corrected chi connectivity index (χ2v) is 11.1. The zero-order valence-corrected chi connectivity index (χ0v) is 12.5. The molecule has 0 aromatic carbocycles. The van der Waals surface area contributed by atoms with E-state index in [1.165, 1.54) is 0 Å². The first-order chi connectivity index (χ1) is 8.57. The van der Waals surface area contributed by atoms with Gasteiger partial charge in [-0.1, -0.05) is 19.6 Å². The number of nitrogens with zero attached hydrogens (tertiary/aromatic N) is 5. The Morgan fingerprint density at radius 2 is 2.06 bits per heavy atom. The first-order valence-electron chi connectivity index (χ1n) is 5.93. The minimum atomic E-state index is -1.52. The molecule has 0 unspecified atom stereocenters. The van der Waals surface area contributed by atoms with Crippen LogP contribution in [0.5, 0.6) is 0 Å². The second kappa shape index (κ2) is 4.17. The average molecular weight is 277 g/mol. The third kappa shape index (κ3) is 1.87. The summed E-state index contributed by atoms with van der Waals surface area (Å²) in [7, 11) is -1.52. The Labute approximate surface area is 111 Å². The predicted octanol–water partition coefficient (Wildman–Crippen LogP) is 2.00. The molecule has 3 heterocycles. The summed E-state index contributed by atoms with van der Waals surface area (Å²) in [6.45, 7) is 7.74. The maximum Gasteiger partial charge on any atom is 0.180 e. The fraction of sp³-hybridized carbons (Fsp3) is 0.455. The number of aliphatic imine (C=N–C) groups is 1. The van der Waals surface area contributed by atoms with Crippen molar-refractivity contribution < 1.29 is 0 Å². The molecular formula is C11H15N5SSi. The number of fused-ring (bicyclic) bond motifs is 1. The van der Waals surface area contributed by atoms with Crippen LogP contribution in [0.4, 0.5) is 0 Å². The van der Waals surface area contributed by atoms with Gasteiger partial charge in [0.15, 0.2) is 13.9 Å². The number of imidazole rings is 1. The van der Waals surface area contributed by atoms with E-state index in [1.54, 1.807) is 18.1 Å². The summed E-state index contributed by atoms with van der Waals surface area (Å²) in [6, 6.07) is 0. The third-order valence-electron chi connectivity index (χ3n) is 2.85. The van der Waals surface area contributed by atoms with Gasteiger partial charge in [-0.25, -0.2) is 15.0 Å². The Bertz CT molecular complexity index is 628. The second-order valence-electron chi connectivity index (χ2n) is 5.22. The van der Waals surface area contributed by atoms with Gasteiger partial charge in [0.05, 0.1) is 6.33 Å². The van der Waals surface area contributed by atoms with Gasteiger partial charge in [0.2, 0.25) is 0 Å². The molecule has 2 aromatic heterocycles. The van der Waals surface area contributed by atoms with Crippen molar-refractivity contribution >= 4 is 36.2 Å². The van der Waals surface area contributed by atoms with Crippen LogP contribution >= 0.6 is 11.8 Å². The molecule has 0 saturated heterocycles. The topological polar surface area (TPSA) is 56.0 Å². The molecule has 7 heteroatoms. The molecule has 0 bridgehead atoms. The number of hydrogen-bond acceptors (Lipinski definition) is 5. The Balaban J connectivity index is 2.28. The van der Waals surface area contributed by atoms with Crippen LogP contribution in [0.1, 0.15) is 5.69 Å². The summed E-state index contributed by atoms with van der Waals surface area (Å²) < 4.78 is 2.26. The Kier molecular flexibility index (Phi) is 2.74. The van der Waals surface area contributed by atoms with Gasteiger partial charge < -0.3 is 4.23 Å². The van der Waals surface area contributed by atoms with E-state index in [2.05, 4.69) is 43.8 Å². The highest BCUT2D eigenvalue weighted by atomic mass is 32.2. The smallest absolute Gasteiger partial charge is 0.180 e. The van der Waals surface area contributed by atoms with E-state index in [0.29, 0.717) is 0 Å². The van der Waals surface area contributed by atoms with Crippen molar-refractivity contribution in [1.82, 2.24) is 19.2 Å². The number of aromatic nitrogens is 4. The molecule has 94 valence electrons. The quantitative estimate of drug-likeness (QED) is 0.788. The van der Waals surface area contributed by atoms with Gasteiger partial charge in [0.25, 0.3) is 0 Å². The van der Waals surface area contributed by atoms with Crippen molar-refractivity contribution in [3.8, 4) is 0 Å². The van der Waals surface area contributed by atoms with Crippen LogP contribution in [0.25, 0.3) is 11.2 Å². The van der Waals surface area contributed by atoms with E-state index in [4.69, 9.17) is 0 Å². The Morgan fingerprint density at radius 1 is 1.22 bits per heavy atom. The van der Waals surface area contributed by atoms with Crippen LogP contribution in [-0.2, 0) is 0 Å². The van der Waals surface area contributed by atoms with Gasteiger partial charge in [0, 0.05) is 12.3 Å². The molecule has 0 fully saturated rings. The summed E-state index contributed by atoms with van der Waals surface area (Å²) in [4.78, 5) is 17.6. The highest BCUT2D eigenvalue weighted by Crippen LogP contribution is 2.25. The van der Waals surface area contributed by atoms with Gasteiger partial charge in [-0.15, -0.1) is 11.8 Å². The Morgan fingerprint density at radius 3 is 2.72 bits per heavy atom. The summed E-state index contributed by atoms with van der Waals surface area (Å²) in [5, 5.41) is 1.03. The number of thioether (sulfide) groups is 1. The summed E-state index contributed by atoms with van der Waals surface area (Å²) in [5.74, 6) is 1.04. The first kappa shape index (κ1) is 11.9. The number of rotatable bonds is 2. The molecule has 0 spiro atoms. The standard InChI is InChI=1S/C11H15N5SSi/c1-18(2,3)16-7-15-10-9(16)8(13-6-14-10)11-12-4-5-17-11/h6-7H,4-5H2,1-3H3.